The average molecular weight is 407 g/mol. The molecule has 2 atom stereocenters. The minimum atomic E-state index is -3.79. The molecule has 0 bridgehead atoms. The Labute approximate surface area is 166 Å². The van der Waals surface area contributed by atoms with Gasteiger partial charge in [-0.05, 0) is 75.1 Å². The van der Waals surface area contributed by atoms with E-state index >= 15 is 0 Å². The van der Waals surface area contributed by atoms with Gasteiger partial charge in [-0.15, -0.1) is 0 Å². The third kappa shape index (κ3) is 4.90. The largest absolute Gasteiger partial charge is 0.348 e. The van der Waals surface area contributed by atoms with Crippen LogP contribution in [0.4, 0.5) is 10.1 Å². The van der Waals surface area contributed by atoms with Crippen LogP contribution >= 0.6 is 0 Å². The fourth-order valence-corrected chi connectivity index (χ4v) is 4.45. The van der Waals surface area contributed by atoms with E-state index in [1.54, 1.807) is 0 Å². The summed E-state index contributed by atoms with van der Waals surface area (Å²) in [4.78, 5) is 12.8. The Morgan fingerprint density at radius 1 is 1.04 bits per heavy atom. The molecular formula is C21H27FN2O3S. The maximum absolute atomic E-state index is 13.6. The predicted molar refractivity (Wildman–Crippen MR) is 110 cm³/mol. The monoisotopic (exact) mass is 406 g/mol. The zero-order chi connectivity index (χ0) is 21.2. The number of nitrogens with zero attached hydrogens (tertiary/aromatic N) is 1. The summed E-state index contributed by atoms with van der Waals surface area (Å²) in [6, 6.07) is 7.95. The summed E-state index contributed by atoms with van der Waals surface area (Å²) in [6.45, 7) is 9.35. The van der Waals surface area contributed by atoms with Crippen molar-refractivity contribution in [3.63, 3.8) is 0 Å². The predicted octanol–water partition coefficient (Wildman–Crippen LogP) is 3.78. The molecule has 7 heteroatoms. The normalized spacial score (nSPS) is 13.7. The number of rotatable bonds is 6. The highest BCUT2D eigenvalue weighted by Gasteiger charge is 2.30. The van der Waals surface area contributed by atoms with Crippen LogP contribution in [0.1, 0.15) is 42.1 Å². The van der Waals surface area contributed by atoms with E-state index in [0.29, 0.717) is 0 Å². The molecule has 0 radical (unpaired) electrons. The fourth-order valence-electron chi connectivity index (χ4n) is 3.28. The zero-order valence-corrected chi connectivity index (χ0v) is 17.9. The minimum absolute atomic E-state index is 0.111. The number of halogens is 1. The summed E-state index contributed by atoms with van der Waals surface area (Å²) >= 11 is 0. The number of nitrogens with one attached hydrogen (secondary N) is 1. The van der Waals surface area contributed by atoms with Gasteiger partial charge in [0.1, 0.15) is 11.9 Å². The van der Waals surface area contributed by atoms with Crippen molar-refractivity contribution in [3.05, 3.63) is 64.5 Å². The van der Waals surface area contributed by atoms with Gasteiger partial charge in [-0.1, -0.05) is 18.2 Å². The molecule has 0 aliphatic rings. The summed E-state index contributed by atoms with van der Waals surface area (Å²) in [5.74, 6) is -1.03. The van der Waals surface area contributed by atoms with E-state index in [1.807, 2.05) is 33.8 Å². The van der Waals surface area contributed by atoms with Crippen molar-refractivity contribution in [3.8, 4) is 0 Å². The number of hydrogen-bond donors (Lipinski definition) is 1. The number of benzene rings is 2. The van der Waals surface area contributed by atoms with Crippen molar-refractivity contribution < 1.29 is 17.6 Å². The zero-order valence-electron chi connectivity index (χ0n) is 17.1. The van der Waals surface area contributed by atoms with Gasteiger partial charge in [0.25, 0.3) is 0 Å². The highest BCUT2D eigenvalue weighted by Crippen LogP contribution is 2.24. The highest BCUT2D eigenvalue weighted by atomic mass is 32.2. The van der Waals surface area contributed by atoms with E-state index in [-0.39, 0.29) is 11.7 Å². The second-order valence-electron chi connectivity index (χ2n) is 7.24. The van der Waals surface area contributed by atoms with E-state index in [0.717, 1.165) is 33.3 Å². The van der Waals surface area contributed by atoms with Gasteiger partial charge in [-0.3, -0.25) is 9.10 Å². The molecule has 5 nitrogen and oxygen atoms in total. The number of hydrogen-bond acceptors (Lipinski definition) is 3. The Morgan fingerprint density at radius 3 is 2.21 bits per heavy atom. The van der Waals surface area contributed by atoms with Crippen molar-refractivity contribution in [2.45, 2.75) is 46.7 Å². The molecule has 2 aromatic carbocycles. The average Bonchev–Trinajstić information content (AvgIpc) is 2.56. The molecule has 2 aromatic rings. The fraction of sp³-hybridized carbons (Fsp3) is 0.381. The van der Waals surface area contributed by atoms with E-state index in [9.17, 15) is 17.6 Å². The first-order chi connectivity index (χ1) is 12.9. The number of sulfonamides is 1. The van der Waals surface area contributed by atoms with Gasteiger partial charge in [0, 0.05) is 0 Å². The Bertz CT molecular complexity index is 989. The number of carbonyl (C=O) groups excluding carboxylic acids is 1. The number of carbonyl (C=O) groups is 1. The Morgan fingerprint density at radius 2 is 1.64 bits per heavy atom. The van der Waals surface area contributed by atoms with Crippen LogP contribution < -0.4 is 9.62 Å². The molecule has 0 unspecified atom stereocenters. The quantitative estimate of drug-likeness (QED) is 0.794. The van der Waals surface area contributed by atoms with Crippen molar-refractivity contribution in [1.29, 1.82) is 0 Å². The van der Waals surface area contributed by atoms with E-state index in [4.69, 9.17) is 0 Å². The maximum Gasteiger partial charge on any atom is 0.244 e. The van der Waals surface area contributed by atoms with Gasteiger partial charge in [-0.2, -0.15) is 0 Å². The van der Waals surface area contributed by atoms with Crippen LogP contribution in [0.3, 0.4) is 0 Å². The second-order valence-corrected chi connectivity index (χ2v) is 9.10. The lowest BCUT2D eigenvalue weighted by Gasteiger charge is -2.29. The molecular weight excluding hydrogens is 379 g/mol. The molecule has 1 N–H and O–H groups in total. The molecule has 0 heterocycles. The van der Waals surface area contributed by atoms with Crippen molar-refractivity contribution >= 4 is 21.6 Å². The molecule has 0 aliphatic heterocycles. The van der Waals surface area contributed by atoms with Crippen LogP contribution in [-0.4, -0.2) is 26.6 Å². The lowest BCUT2D eigenvalue weighted by atomic mass is 9.96. The molecule has 152 valence electrons. The molecule has 0 saturated carbocycles. The summed E-state index contributed by atoms with van der Waals surface area (Å²) < 4.78 is 39.1. The van der Waals surface area contributed by atoms with Gasteiger partial charge in [0.2, 0.25) is 15.9 Å². The van der Waals surface area contributed by atoms with Crippen LogP contribution in [-0.2, 0) is 14.8 Å². The molecule has 2 rings (SSSR count). The smallest absolute Gasteiger partial charge is 0.244 e. The van der Waals surface area contributed by atoms with Crippen LogP contribution in [0.2, 0.25) is 0 Å². The topological polar surface area (TPSA) is 66.5 Å². The Hall–Kier alpha value is -2.41. The van der Waals surface area contributed by atoms with E-state index in [2.05, 4.69) is 11.4 Å². The van der Waals surface area contributed by atoms with Gasteiger partial charge in [0.15, 0.2) is 0 Å². The first-order valence-electron chi connectivity index (χ1n) is 9.05. The molecule has 1 amide bonds. The number of amides is 1. The lowest BCUT2D eigenvalue weighted by molar-refractivity contribution is -0.122. The molecule has 0 aliphatic carbocycles. The first-order valence-corrected chi connectivity index (χ1v) is 10.9. The van der Waals surface area contributed by atoms with Crippen LogP contribution in [0.25, 0.3) is 0 Å². The van der Waals surface area contributed by atoms with Crippen molar-refractivity contribution in [2.75, 3.05) is 10.6 Å². The van der Waals surface area contributed by atoms with Gasteiger partial charge in [-0.25, -0.2) is 12.8 Å². The van der Waals surface area contributed by atoms with Crippen molar-refractivity contribution in [1.82, 2.24) is 5.32 Å². The van der Waals surface area contributed by atoms with Crippen LogP contribution in [0, 0.1) is 26.6 Å². The molecule has 0 saturated heterocycles. The standard InChI is InChI=1S/C21H27FN2O3S/c1-13-10-15(3)20(11-14(13)2)16(4)23-21(25)17(5)24(28(6,26)27)19-9-7-8-18(22)12-19/h7-12,16-17H,1-6H3,(H,23,25)/t16-,17-/m1/s1. The maximum atomic E-state index is 13.6. The lowest BCUT2D eigenvalue weighted by Crippen LogP contribution is -2.48. The van der Waals surface area contributed by atoms with Gasteiger partial charge >= 0.3 is 0 Å². The molecule has 0 fully saturated rings. The number of anilines is 1. The number of aryl methyl sites for hydroxylation is 3. The SMILES string of the molecule is Cc1cc(C)c([C@@H](C)NC(=O)[C@@H](C)N(c2cccc(F)c2)S(C)(=O)=O)cc1C. The Kier molecular flexibility index (Phi) is 6.49. The summed E-state index contributed by atoms with van der Waals surface area (Å²) in [5.41, 5.74) is 4.42. The van der Waals surface area contributed by atoms with Gasteiger partial charge in [0.05, 0.1) is 18.0 Å². The third-order valence-electron chi connectivity index (χ3n) is 4.86. The summed E-state index contributed by atoms with van der Waals surface area (Å²) in [6.07, 6.45) is 0.999. The Balaban J connectivity index is 2.30. The van der Waals surface area contributed by atoms with E-state index in [1.165, 1.54) is 30.7 Å². The second kappa shape index (κ2) is 8.31. The van der Waals surface area contributed by atoms with Crippen LogP contribution in [0.15, 0.2) is 36.4 Å². The third-order valence-corrected chi connectivity index (χ3v) is 6.10. The minimum Gasteiger partial charge on any atom is -0.348 e. The van der Waals surface area contributed by atoms with Crippen molar-refractivity contribution in [2.24, 2.45) is 0 Å². The summed E-state index contributed by atoms with van der Waals surface area (Å²) in [5, 5.41) is 2.88. The first kappa shape index (κ1) is 21.9. The van der Waals surface area contributed by atoms with Crippen LogP contribution in [0.5, 0.6) is 0 Å². The molecule has 28 heavy (non-hydrogen) atoms. The highest BCUT2D eigenvalue weighted by molar-refractivity contribution is 7.92. The molecule has 0 spiro atoms. The molecule has 0 aromatic heterocycles. The summed E-state index contributed by atoms with van der Waals surface area (Å²) in [7, 11) is -3.79. The van der Waals surface area contributed by atoms with Gasteiger partial charge < -0.3 is 5.32 Å². The van der Waals surface area contributed by atoms with E-state index < -0.39 is 27.8 Å².